The smallest absolute Gasteiger partial charge is 0.319 e. The fraction of sp³-hybridized carbons (Fsp3) is 0.527. The van der Waals surface area contributed by atoms with Crippen molar-refractivity contribution in [2.75, 3.05) is 70.5 Å². The first-order valence-electron chi connectivity index (χ1n) is 26.0. The summed E-state index contributed by atoms with van der Waals surface area (Å²) in [6.07, 6.45) is 12.3. The van der Waals surface area contributed by atoms with Gasteiger partial charge >= 0.3 is 6.01 Å². The molecule has 1 spiro atoms. The first kappa shape index (κ1) is 46.2. The Morgan fingerprint density at radius 3 is 2.46 bits per heavy atom. The van der Waals surface area contributed by atoms with Gasteiger partial charge in [0.2, 0.25) is 11.8 Å². The minimum absolute atomic E-state index is 0.0122. The molecule has 5 aliphatic heterocycles. The number of hydrogen-bond acceptors (Lipinski definition) is 12. The Hall–Kier alpha value is -5.84. The van der Waals surface area contributed by atoms with Gasteiger partial charge in [-0.2, -0.15) is 15.1 Å². The number of nitrogens with zero attached hydrogens (tertiary/aromatic N) is 8. The molecule has 1 aliphatic carbocycles. The standard InChI is InChI=1S/C55H63F2N9O5/c1-3-38-43(56)9-6-36-25-37(67)27-41(46(36)38)49-47(57)50-42(28-58-49)51(66-19-4-15-55(31-66)18-24-71-55)61-53(60-50)70-32-54(16-17-54)30-65-20-11-33(12-21-65)29-64-22-13-34(14-23-64)35-5-7-39-44(26-35)63(2)62-48(39)40-8-10-45(68)59-52(40)69/h5-7,9,25-28,33-34,40,67H,3-4,8,10-24,29-32H2,1-2H3,(H,59,68,69). The lowest BCUT2D eigenvalue weighted by Gasteiger charge is -2.48. The molecule has 16 heteroatoms. The maximum atomic E-state index is 17.2. The average Bonchev–Trinajstić information content (AvgIpc) is 4.06. The monoisotopic (exact) mass is 967 g/mol. The lowest BCUT2D eigenvalue weighted by Crippen LogP contribution is -2.56. The summed E-state index contributed by atoms with van der Waals surface area (Å²) in [5.74, 6) is -0.273. The topological polar surface area (TPSA) is 151 Å². The summed E-state index contributed by atoms with van der Waals surface area (Å²) in [4.78, 5) is 46.3. The third-order valence-corrected chi connectivity index (χ3v) is 17.0. The number of rotatable bonds is 12. The molecule has 372 valence electrons. The highest BCUT2D eigenvalue weighted by atomic mass is 19.1. The highest BCUT2D eigenvalue weighted by Gasteiger charge is 2.46. The fourth-order valence-electron chi connectivity index (χ4n) is 12.7. The normalized spacial score (nSPS) is 23.5. The molecule has 1 saturated carbocycles. The molecule has 8 heterocycles. The largest absolute Gasteiger partial charge is 0.508 e. The first-order valence-corrected chi connectivity index (χ1v) is 26.0. The van der Waals surface area contributed by atoms with E-state index in [1.54, 1.807) is 18.3 Å². The first-order chi connectivity index (χ1) is 34.4. The van der Waals surface area contributed by atoms with E-state index in [0.29, 0.717) is 77.4 Å². The van der Waals surface area contributed by atoms with Crippen molar-refractivity contribution in [3.63, 3.8) is 0 Å². The van der Waals surface area contributed by atoms with E-state index < -0.39 is 11.7 Å². The Morgan fingerprint density at radius 1 is 0.915 bits per heavy atom. The third-order valence-electron chi connectivity index (χ3n) is 17.0. The molecule has 5 saturated heterocycles. The molecule has 3 aromatic carbocycles. The molecular weight excluding hydrogens is 905 g/mol. The maximum absolute atomic E-state index is 17.2. The van der Waals surface area contributed by atoms with Gasteiger partial charge in [0.25, 0.3) is 0 Å². The number of aromatic hydroxyl groups is 1. The summed E-state index contributed by atoms with van der Waals surface area (Å²) in [6, 6.07) is 12.7. The second-order valence-electron chi connectivity index (χ2n) is 21.7. The van der Waals surface area contributed by atoms with E-state index in [0.717, 1.165) is 127 Å². The molecule has 14 nitrogen and oxygen atoms in total. The molecule has 2 atom stereocenters. The van der Waals surface area contributed by atoms with Crippen LogP contribution in [0.3, 0.4) is 0 Å². The second-order valence-corrected chi connectivity index (χ2v) is 21.7. The molecular formula is C55H63F2N9O5. The molecule has 0 bridgehead atoms. The van der Waals surface area contributed by atoms with Gasteiger partial charge in [-0.25, -0.2) is 8.78 Å². The number of carbonyl (C=O) groups is 2. The van der Waals surface area contributed by atoms with Gasteiger partial charge in [-0.1, -0.05) is 25.1 Å². The van der Waals surface area contributed by atoms with Crippen LogP contribution < -0.4 is 15.0 Å². The number of aromatic nitrogens is 5. The number of likely N-dealkylation sites (tertiary alicyclic amines) is 2. The highest BCUT2D eigenvalue weighted by molar-refractivity contribution is 6.03. The van der Waals surface area contributed by atoms with Crippen LogP contribution in [0.2, 0.25) is 0 Å². The van der Waals surface area contributed by atoms with Crippen molar-refractivity contribution < 1.29 is 33.0 Å². The number of nitrogens with one attached hydrogen (secondary N) is 1. The quantitative estimate of drug-likeness (QED) is 0.114. The van der Waals surface area contributed by atoms with Gasteiger partial charge in [0.1, 0.15) is 28.6 Å². The van der Waals surface area contributed by atoms with Crippen LogP contribution >= 0.6 is 0 Å². The minimum atomic E-state index is -0.666. The maximum Gasteiger partial charge on any atom is 0.319 e. The van der Waals surface area contributed by atoms with Crippen LogP contribution in [0.5, 0.6) is 11.8 Å². The molecule has 2 unspecified atom stereocenters. The Kier molecular flexibility index (Phi) is 11.9. The highest BCUT2D eigenvalue weighted by Crippen LogP contribution is 2.48. The molecule has 3 aromatic heterocycles. The van der Waals surface area contributed by atoms with Gasteiger partial charge in [-0.05, 0) is 148 Å². The SMILES string of the molecule is CCc1c(F)ccc2cc(O)cc(-c3ncc4c(N5CCCC6(CCO6)C5)nc(OCC5(CN6CCC(CN7CCC(c8ccc9c(C%10CCC(=O)NC%10=O)nn(C)c9c8)CC7)CC6)CC5)nc4c3F)c12. The number of piperidine rings is 4. The molecule has 71 heavy (non-hydrogen) atoms. The van der Waals surface area contributed by atoms with Crippen molar-refractivity contribution >= 4 is 50.2 Å². The molecule has 12 rings (SSSR count). The van der Waals surface area contributed by atoms with E-state index in [-0.39, 0.29) is 51.6 Å². The predicted octanol–water partition coefficient (Wildman–Crippen LogP) is 8.31. The summed E-state index contributed by atoms with van der Waals surface area (Å²) in [5, 5.41) is 20.6. The number of aryl methyl sites for hydroxylation is 2. The zero-order valence-corrected chi connectivity index (χ0v) is 40.8. The number of halogens is 2. The molecule has 6 aliphatic rings. The number of imide groups is 1. The number of phenols is 1. The van der Waals surface area contributed by atoms with Crippen LogP contribution in [0.15, 0.2) is 48.7 Å². The van der Waals surface area contributed by atoms with E-state index in [1.807, 2.05) is 18.7 Å². The second kappa shape index (κ2) is 18.3. The van der Waals surface area contributed by atoms with Gasteiger partial charge in [0.15, 0.2) is 5.82 Å². The zero-order valence-electron chi connectivity index (χ0n) is 40.8. The van der Waals surface area contributed by atoms with Crippen molar-refractivity contribution in [1.82, 2.24) is 39.8 Å². The lowest BCUT2D eigenvalue weighted by molar-refractivity contribution is -0.151. The Bertz CT molecular complexity index is 3070. The minimum Gasteiger partial charge on any atom is -0.508 e. The van der Waals surface area contributed by atoms with E-state index in [4.69, 9.17) is 24.5 Å². The van der Waals surface area contributed by atoms with Gasteiger partial charge < -0.3 is 29.3 Å². The molecule has 6 aromatic rings. The Labute approximate surface area is 412 Å². The number of ether oxygens (including phenoxy) is 2. The summed E-state index contributed by atoms with van der Waals surface area (Å²) in [7, 11) is 1.94. The fourth-order valence-corrected chi connectivity index (χ4v) is 12.7. The van der Waals surface area contributed by atoms with Crippen molar-refractivity contribution in [3.8, 4) is 23.0 Å². The summed E-state index contributed by atoms with van der Waals surface area (Å²) in [5.41, 5.74) is 3.68. The van der Waals surface area contributed by atoms with Crippen molar-refractivity contribution in [3.05, 3.63) is 77.1 Å². The molecule has 0 radical (unpaired) electrons. The Morgan fingerprint density at radius 2 is 1.72 bits per heavy atom. The van der Waals surface area contributed by atoms with E-state index in [1.165, 1.54) is 17.7 Å². The number of pyridine rings is 1. The summed E-state index contributed by atoms with van der Waals surface area (Å²) >= 11 is 0. The van der Waals surface area contributed by atoms with Crippen molar-refractivity contribution in [1.29, 1.82) is 0 Å². The van der Waals surface area contributed by atoms with Crippen LogP contribution in [0.25, 0.3) is 43.8 Å². The number of fused-ring (bicyclic) bond motifs is 3. The van der Waals surface area contributed by atoms with Crippen LogP contribution in [0, 0.1) is 23.0 Å². The van der Waals surface area contributed by atoms with E-state index in [2.05, 4.69) is 43.2 Å². The third kappa shape index (κ3) is 8.77. The van der Waals surface area contributed by atoms with Crippen molar-refractivity contribution in [2.24, 2.45) is 18.4 Å². The zero-order chi connectivity index (χ0) is 48.6. The number of carbonyl (C=O) groups excluding carboxylic acids is 2. The van der Waals surface area contributed by atoms with Gasteiger partial charge in [-0.15, -0.1) is 0 Å². The number of benzene rings is 3. The van der Waals surface area contributed by atoms with E-state index >= 15 is 8.78 Å². The Balaban J connectivity index is 0.696. The molecule has 2 N–H and O–H groups in total. The summed E-state index contributed by atoms with van der Waals surface area (Å²) < 4.78 is 47.0. The van der Waals surface area contributed by atoms with Crippen LogP contribution in [0.4, 0.5) is 14.6 Å². The number of hydrogen-bond donors (Lipinski definition) is 2. The predicted molar refractivity (Wildman–Crippen MR) is 267 cm³/mol. The molecule has 2 amide bonds. The van der Waals surface area contributed by atoms with Crippen molar-refractivity contribution in [2.45, 2.75) is 101 Å². The van der Waals surface area contributed by atoms with Crippen LogP contribution in [-0.4, -0.2) is 123 Å². The number of anilines is 1. The number of amides is 2. The summed E-state index contributed by atoms with van der Waals surface area (Å²) in [6.45, 7) is 10.7. The van der Waals surface area contributed by atoms with Crippen LogP contribution in [-0.2, 0) is 27.8 Å². The lowest BCUT2D eigenvalue weighted by atomic mass is 9.86. The van der Waals surface area contributed by atoms with Gasteiger partial charge in [-0.3, -0.25) is 24.6 Å². The number of phenolic OH excluding ortho intramolecular Hbond substituents is 1. The van der Waals surface area contributed by atoms with Gasteiger partial charge in [0.05, 0.1) is 41.3 Å². The molecule has 6 fully saturated rings. The van der Waals surface area contributed by atoms with E-state index in [9.17, 15) is 14.7 Å². The van der Waals surface area contributed by atoms with Gasteiger partial charge in [0, 0.05) is 68.6 Å². The van der Waals surface area contributed by atoms with Crippen LogP contribution in [0.1, 0.15) is 106 Å². The average molecular weight is 968 g/mol.